The second-order valence-electron chi connectivity index (χ2n) is 6.68. The normalized spacial score (nSPS) is 18.3. The molecule has 1 spiro atoms. The number of anilines is 2. The van der Waals surface area contributed by atoms with Gasteiger partial charge in [-0.05, 0) is 24.3 Å². The van der Waals surface area contributed by atoms with Crippen molar-refractivity contribution in [1.82, 2.24) is 9.88 Å². The maximum atomic E-state index is 12.8. The Morgan fingerprint density at radius 1 is 1.15 bits per heavy atom. The molecule has 1 aromatic carbocycles. The first kappa shape index (κ1) is 17.5. The number of aromatic nitrogens is 1. The van der Waals surface area contributed by atoms with Crippen LogP contribution in [-0.2, 0) is 9.47 Å². The fraction of sp³-hybridized carbons (Fsp3) is 0.350. The maximum absolute atomic E-state index is 12.8. The molecule has 0 radical (unpaired) electrons. The summed E-state index contributed by atoms with van der Waals surface area (Å²) in [6, 6.07) is 11.0. The highest BCUT2D eigenvalue weighted by Gasteiger charge is 2.40. The average Bonchev–Trinajstić information content (AvgIpc) is 3.16. The fourth-order valence-electron chi connectivity index (χ4n) is 3.48. The van der Waals surface area contributed by atoms with E-state index in [0.29, 0.717) is 56.0 Å². The Labute approximate surface area is 157 Å². The third-order valence-electron chi connectivity index (χ3n) is 4.89. The molecule has 0 unspecified atom stereocenters. The van der Waals surface area contributed by atoms with Crippen molar-refractivity contribution in [3.63, 3.8) is 0 Å². The molecule has 0 saturated carbocycles. The van der Waals surface area contributed by atoms with E-state index in [1.54, 1.807) is 36.7 Å². The number of hydrogen-bond donors (Lipinski definition) is 1. The number of carbonyl (C=O) groups is 1. The van der Waals surface area contributed by atoms with E-state index < -0.39 is 5.79 Å². The maximum Gasteiger partial charge on any atom is 0.255 e. The van der Waals surface area contributed by atoms with Gasteiger partial charge in [-0.25, -0.2) is 0 Å². The zero-order valence-corrected chi connectivity index (χ0v) is 14.9. The number of carbonyl (C=O) groups excluding carboxylic acids is 1. The number of likely N-dealkylation sites (tertiary alicyclic amines) is 1. The highest BCUT2D eigenvalue weighted by atomic mass is 16.7. The Morgan fingerprint density at radius 3 is 2.67 bits per heavy atom. The molecule has 1 amide bonds. The van der Waals surface area contributed by atoms with Crippen molar-refractivity contribution in [1.29, 1.82) is 5.26 Å². The van der Waals surface area contributed by atoms with Crippen LogP contribution in [0.2, 0.25) is 0 Å². The van der Waals surface area contributed by atoms with Gasteiger partial charge in [-0.1, -0.05) is 6.07 Å². The number of rotatable bonds is 3. The van der Waals surface area contributed by atoms with Crippen LogP contribution >= 0.6 is 0 Å². The van der Waals surface area contributed by atoms with Crippen molar-refractivity contribution in [2.75, 3.05) is 31.6 Å². The van der Waals surface area contributed by atoms with Gasteiger partial charge in [0.25, 0.3) is 5.91 Å². The molecule has 2 aliphatic heterocycles. The summed E-state index contributed by atoms with van der Waals surface area (Å²) < 4.78 is 11.4. The number of benzene rings is 1. The van der Waals surface area contributed by atoms with Crippen LogP contribution in [0.15, 0.2) is 42.7 Å². The van der Waals surface area contributed by atoms with Crippen molar-refractivity contribution >= 4 is 17.3 Å². The third kappa shape index (κ3) is 3.77. The number of nitrogens with zero attached hydrogens (tertiary/aromatic N) is 3. The molecule has 2 saturated heterocycles. The van der Waals surface area contributed by atoms with Crippen molar-refractivity contribution in [3.05, 3.63) is 53.9 Å². The van der Waals surface area contributed by atoms with E-state index in [0.717, 1.165) is 5.69 Å². The van der Waals surface area contributed by atoms with Gasteiger partial charge in [0, 0.05) is 37.8 Å². The van der Waals surface area contributed by atoms with Crippen LogP contribution in [0.5, 0.6) is 0 Å². The van der Waals surface area contributed by atoms with Crippen LogP contribution in [0.25, 0.3) is 0 Å². The quantitative estimate of drug-likeness (QED) is 0.901. The molecule has 2 fully saturated rings. The molecule has 7 heteroatoms. The van der Waals surface area contributed by atoms with Gasteiger partial charge in [-0.2, -0.15) is 5.26 Å². The summed E-state index contributed by atoms with van der Waals surface area (Å²) >= 11 is 0. The summed E-state index contributed by atoms with van der Waals surface area (Å²) in [7, 11) is 0. The lowest BCUT2D eigenvalue weighted by atomic mass is 10.0. The highest BCUT2D eigenvalue weighted by molar-refractivity contribution is 5.95. The van der Waals surface area contributed by atoms with Gasteiger partial charge in [0.1, 0.15) is 0 Å². The smallest absolute Gasteiger partial charge is 0.255 e. The molecule has 7 nitrogen and oxygen atoms in total. The van der Waals surface area contributed by atoms with Crippen molar-refractivity contribution in [2.45, 2.75) is 18.6 Å². The molecule has 4 rings (SSSR count). The minimum absolute atomic E-state index is 0.0511. The second kappa shape index (κ2) is 7.35. The summed E-state index contributed by atoms with van der Waals surface area (Å²) in [6.07, 6.45) is 4.60. The van der Waals surface area contributed by atoms with Crippen LogP contribution in [0, 0.1) is 11.3 Å². The molecule has 2 aliphatic rings. The van der Waals surface area contributed by atoms with Crippen molar-refractivity contribution < 1.29 is 14.3 Å². The molecule has 27 heavy (non-hydrogen) atoms. The summed E-state index contributed by atoms with van der Waals surface area (Å²) in [5, 5.41) is 12.2. The monoisotopic (exact) mass is 364 g/mol. The van der Waals surface area contributed by atoms with E-state index in [2.05, 4.69) is 16.4 Å². The third-order valence-corrected chi connectivity index (χ3v) is 4.89. The lowest BCUT2D eigenvalue weighted by Crippen LogP contribution is -2.47. The molecule has 1 aromatic heterocycles. The first-order chi connectivity index (χ1) is 13.2. The van der Waals surface area contributed by atoms with E-state index in [1.807, 2.05) is 11.0 Å². The predicted molar refractivity (Wildman–Crippen MR) is 98.4 cm³/mol. The second-order valence-corrected chi connectivity index (χ2v) is 6.68. The van der Waals surface area contributed by atoms with Crippen LogP contribution in [0.1, 0.15) is 28.8 Å². The zero-order chi connectivity index (χ0) is 18.7. The Morgan fingerprint density at radius 2 is 1.93 bits per heavy atom. The predicted octanol–water partition coefficient (Wildman–Crippen LogP) is 2.68. The van der Waals surface area contributed by atoms with Crippen LogP contribution in [0.3, 0.4) is 0 Å². The van der Waals surface area contributed by atoms with E-state index >= 15 is 0 Å². The largest absolute Gasteiger partial charge is 0.354 e. The Kier molecular flexibility index (Phi) is 4.75. The van der Waals surface area contributed by atoms with Gasteiger partial charge in [0.2, 0.25) is 0 Å². The Hall–Kier alpha value is -2.95. The van der Waals surface area contributed by atoms with E-state index in [4.69, 9.17) is 14.7 Å². The standard InChI is InChI=1S/C20H20N4O3/c21-12-15-2-1-3-17(10-15)23-18-11-16(13-22-14-18)19(25)24-6-4-20(5-7-24)26-8-9-27-20/h1-3,10-11,13-14,23H,4-9H2. The zero-order valence-electron chi connectivity index (χ0n) is 14.9. The molecular weight excluding hydrogens is 344 g/mol. The summed E-state index contributed by atoms with van der Waals surface area (Å²) in [4.78, 5) is 18.8. The lowest BCUT2D eigenvalue weighted by Gasteiger charge is -2.37. The number of amides is 1. The molecule has 0 bridgehead atoms. The Balaban J connectivity index is 1.44. The molecule has 0 aliphatic carbocycles. The minimum atomic E-state index is -0.496. The molecule has 2 aromatic rings. The average molecular weight is 364 g/mol. The number of hydrogen-bond acceptors (Lipinski definition) is 6. The number of nitrogens with one attached hydrogen (secondary N) is 1. The fourth-order valence-corrected chi connectivity index (χ4v) is 3.48. The van der Waals surface area contributed by atoms with Gasteiger partial charge in [0.15, 0.2) is 5.79 Å². The summed E-state index contributed by atoms with van der Waals surface area (Å²) in [6.45, 7) is 2.44. The van der Waals surface area contributed by atoms with Gasteiger partial charge >= 0.3 is 0 Å². The molecule has 3 heterocycles. The van der Waals surface area contributed by atoms with Crippen molar-refractivity contribution in [3.8, 4) is 6.07 Å². The summed E-state index contributed by atoms with van der Waals surface area (Å²) in [5.74, 6) is -0.547. The van der Waals surface area contributed by atoms with Gasteiger partial charge in [-0.15, -0.1) is 0 Å². The van der Waals surface area contributed by atoms with Gasteiger partial charge < -0.3 is 19.7 Å². The molecule has 1 N–H and O–H groups in total. The van der Waals surface area contributed by atoms with Crippen LogP contribution in [-0.4, -0.2) is 47.9 Å². The van der Waals surface area contributed by atoms with E-state index in [-0.39, 0.29) is 5.91 Å². The van der Waals surface area contributed by atoms with Crippen LogP contribution in [0.4, 0.5) is 11.4 Å². The molecular formula is C20H20N4O3. The van der Waals surface area contributed by atoms with Crippen LogP contribution < -0.4 is 5.32 Å². The van der Waals surface area contributed by atoms with Crippen molar-refractivity contribution in [2.24, 2.45) is 0 Å². The van der Waals surface area contributed by atoms with E-state index in [9.17, 15) is 4.79 Å². The molecule has 0 atom stereocenters. The highest BCUT2D eigenvalue weighted by Crippen LogP contribution is 2.31. The van der Waals surface area contributed by atoms with Gasteiger partial charge in [-0.3, -0.25) is 9.78 Å². The van der Waals surface area contributed by atoms with Gasteiger partial charge in [0.05, 0.1) is 42.3 Å². The topological polar surface area (TPSA) is 87.5 Å². The number of piperidine rings is 1. The minimum Gasteiger partial charge on any atom is -0.354 e. The number of pyridine rings is 1. The SMILES string of the molecule is N#Cc1cccc(Nc2cncc(C(=O)N3CCC4(CC3)OCCO4)c2)c1. The first-order valence-corrected chi connectivity index (χ1v) is 8.97. The summed E-state index contributed by atoms with van der Waals surface area (Å²) in [5.41, 5.74) is 2.57. The number of nitriles is 1. The lowest BCUT2D eigenvalue weighted by molar-refractivity contribution is -0.181. The molecule has 138 valence electrons. The Bertz CT molecular complexity index is 877. The van der Waals surface area contributed by atoms with E-state index in [1.165, 1.54) is 0 Å². The number of ether oxygens (including phenoxy) is 2. The first-order valence-electron chi connectivity index (χ1n) is 8.97.